The van der Waals surface area contributed by atoms with Gasteiger partial charge in [-0.25, -0.2) is 0 Å². The Morgan fingerprint density at radius 3 is 2.18 bits per heavy atom. The summed E-state index contributed by atoms with van der Waals surface area (Å²) in [6.07, 6.45) is 7.59. The van der Waals surface area contributed by atoms with Crippen molar-refractivity contribution in [2.24, 2.45) is 62.6 Å². The van der Waals surface area contributed by atoms with E-state index in [1.807, 2.05) is 0 Å². The summed E-state index contributed by atoms with van der Waals surface area (Å²) < 4.78 is 0. The Bertz CT molecular complexity index is 894. The van der Waals surface area contributed by atoms with Crippen molar-refractivity contribution < 1.29 is 19.8 Å². The predicted octanol–water partition coefficient (Wildman–Crippen LogP) is 6.35. The van der Waals surface area contributed by atoms with Gasteiger partial charge in [0.05, 0.1) is 11.5 Å². The lowest BCUT2D eigenvalue weighted by atomic mass is 9.31. The van der Waals surface area contributed by atoms with Crippen molar-refractivity contribution in [3.05, 3.63) is 0 Å². The van der Waals surface area contributed by atoms with Crippen molar-refractivity contribution >= 4 is 11.8 Å². The predicted molar refractivity (Wildman–Crippen MR) is 133 cm³/mol. The van der Waals surface area contributed by atoms with E-state index in [1.54, 1.807) is 0 Å². The van der Waals surface area contributed by atoms with E-state index < -0.39 is 11.4 Å². The molecular formula is C30H48O4. The summed E-state index contributed by atoms with van der Waals surface area (Å²) in [4.78, 5) is 27.1. The Labute approximate surface area is 206 Å². The van der Waals surface area contributed by atoms with Crippen molar-refractivity contribution in [2.45, 2.75) is 112 Å². The van der Waals surface area contributed by atoms with Crippen molar-refractivity contribution in [1.82, 2.24) is 0 Å². The van der Waals surface area contributed by atoms with E-state index >= 15 is 0 Å². The van der Waals surface area contributed by atoms with Gasteiger partial charge in [0, 0.05) is 12.3 Å². The number of Topliss-reactive ketones (excluding diaryl/α,β-unsaturated/α-hetero) is 1. The number of carbonyl (C=O) groups excluding carboxylic acids is 1. The highest BCUT2D eigenvalue weighted by molar-refractivity contribution is 5.86. The van der Waals surface area contributed by atoms with Gasteiger partial charge in [0.1, 0.15) is 5.78 Å². The molecule has 2 N–H and O–H groups in total. The molecule has 0 aromatic heterocycles. The molecule has 4 nitrogen and oxygen atoms in total. The van der Waals surface area contributed by atoms with Crippen LogP contribution >= 0.6 is 0 Å². The van der Waals surface area contributed by atoms with Crippen molar-refractivity contribution in [1.29, 1.82) is 0 Å². The summed E-state index contributed by atoms with van der Waals surface area (Å²) in [6, 6.07) is 0. The average Bonchev–Trinajstić information content (AvgIpc) is 2.75. The Morgan fingerprint density at radius 2 is 1.53 bits per heavy atom. The highest BCUT2D eigenvalue weighted by Crippen LogP contribution is 2.76. The van der Waals surface area contributed by atoms with Crippen molar-refractivity contribution in [3.63, 3.8) is 0 Å². The number of carboxylic acids is 1. The van der Waals surface area contributed by atoms with Crippen LogP contribution in [0.4, 0.5) is 0 Å². The molecule has 192 valence electrons. The van der Waals surface area contributed by atoms with Gasteiger partial charge in [0.15, 0.2) is 0 Å². The summed E-state index contributed by atoms with van der Waals surface area (Å²) in [5.41, 5.74) is -0.941. The standard InChI is InChI=1S/C30H48O4/c1-17-8-13-30(25(33)34)15-14-29(7)24(23(30)18(17)2)19(31)16-21-27(5)11-10-22(32)26(3,4)20(27)9-12-28(21,29)6/h17-18,20-24,32H,8-16H2,1-7H3,(H,33,34)/t17-,18+,20+,21-,22+,23+,24+,27+,28-,29-,30+/m1/s1. The fraction of sp³-hybridized carbons (Fsp3) is 0.933. The highest BCUT2D eigenvalue weighted by atomic mass is 16.4. The van der Waals surface area contributed by atoms with Crippen LogP contribution in [-0.2, 0) is 9.59 Å². The van der Waals surface area contributed by atoms with Crippen LogP contribution in [0.1, 0.15) is 106 Å². The summed E-state index contributed by atoms with van der Waals surface area (Å²) >= 11 is 0. The average molecular weight is 473 g/mol. The molecule has 0 aromatic rings. The maximum Gasteiger partial charge on any atom is 0.309 e. The lowest BCUT2D eigenvalue weighted by Crippen LogP contribution is -2.70. The summed E-state index contributed by atoms with van der Waals surface area (Å²) in [7, 11) is 0. The molecule has 5 rings (SSSR count). The molecule has 5 fully saturated rings. The maximum absolute atomic E-state index is 14.3. The molecule has 4 heteroatoms. The molecule has 0 unspecified atom stereocenters. The summed E-state index contributed by atoms with van der Waals surface area (Å²) in [5.74, 6) is 0.968. The van der Waals surface area contributed by atoms with Crippen LogP contribution in [0.25, 0.3) is 0 Å². The first kappa shape index (κ1) is 24.8. The molecule has 0 aromatic carbocycles. The van der Waals surface area contributed by atoms with Gasteiger partial charge in [-0.1, -0.05) is 48.5 Å². The second-order valence-electron chi connectivity index (χ2n) is 14.9. The number of carbonyl (C=O) groups is 2. The Hall–Kier alpha value is -0.900. The van der Waals surface area contributed by atoms with E-state index in [1.165, 1.54) is 0 Å². The van der Waals surface area contributed by atoms with Gasteiger partial charge < -0.3 is 10.2 Å². The van der Waals surface area contributed by atoms with Gasteiger partial charge >= 0.3 is 5.97 Å². The first-order valence-corrected chi connectivity index (χ1v) is 14.1. The lowest BCUT2D eigenvalue weighted by molar-refractivity contribution is -0.248. The van der Waals surface area contributed by atoms with Crippen LogP contribution in [0.15, 0.2) is 0 Å². The highest BCUT2D eigenvalue weighted by Gasteiger charge is 2.73. The molecule has 5 aliphatic carbocycles. The molecule has 0 heterocycles. The third-order valence-corrected chi connectivity index (χ3v) is 13.8. The molecule has 0 amide bonds. The van der Waals surface area contributed by atoms with Crippen LogP contribution in [0.3, 0.4) is 0 Å². The van der Waals surface area contributed by atoms with E-state index in [9.17, 15) is 19.8 Å². The molecule has 0 bridgehead atoms. The second kappa shape index (κ2) is 7.33. The quantitative estimate of drug-likeness (QED) is 0.466. The van der Waals surface area contributed by atoms with E-state index in [4.69, 9.17) is 0 Å². The summed E-state index contributed by atoms with van der Waals surface area (Å²) in [6.45, 7) is 16.3. The third kappa shape index (κ3) is 2.76. The Kier molecular flexibility index (Phi) is 5.34. The van der Waals surface area contributed by atoms with Crippen LogP contribution in [0.2, 0.25) is 0 Å². The summed E-state index contributed by atoms with van der Waals surface area (Å²) in [5, 5.41) is 21.4. The zero-order valence-corrected chi connectivity index (χ0v) is 22.6. The molecule has 11 atom stereocenters. The monoisotopic (exact) mass is 472 g/mol. The molecule has 0 spiro atoms. The molecule has 5 aliphatic rings. The number of rotatable bonds is 1. The lowest BCUT2D eigenvalue weighted by Gasteiger charge is -2.73. The molecule has 0 radical (unpaired) electrons. The van der Waals surface area contributed by atoms with Crippen LogP contribution < -0.4 is 0 Å². The van der Waals surface area contributed by atoms with E-state index in [-0.39, 0.29) is 45.5 Å². The fourth-order valence-electron chi connectivity index (χ4n) is 11.3. The SMILES string of the molecule is C[C@@H]1[C@H]2[C@@H]3C(=O)C[C@@H]4[C@@]5(C)CC[C@H](O)C(C)(C)[C@@H]5CC[C@@]4(C)[C@]3(C)CC[C@@]2(C(=O)O)CC[C@H]1C. The number of hydrogen-bond donors (Lipinski definition) is 2. The largest absolute Gasteiger partial charge is 0.481 e. The minimum absolute atomic E-state index is 0.0280. The molecule has 5 saturated carbocycles. The number of aliphatic hydroxyl groups is 1. The van der Waals surface area contributed by atoms with Crippen molar-refractivity contribution in [3.8, 4) is 0 Å². The fourth-order valence-corrected chi connectivity index (χ4v) is 11.3. The number of carboxylic acid groups (broad SMARTS) is 1. The van der Waals surface area contributed by atoms with E-state index in [0.29, 0.717) is 30.0 Å². The number of aliphatic hydroxyl groups excluding tert-OH is 1. The van der Waals surface area contributed by atoms with Crippen LogP contribution in [0, 0.1) is 62.6 Å². The van der Waals surface area contributed by atoms with Crippen molar-refractivity contribution in [2.75, 3.05) is 0 Å². The van der Waals surface area contributed by atoms with Gasteiger partial charge in [0.25, 0.3) is 0 Å². The van der Waals surface area contributed by atoms with Gasteiger partial charge in [-0.2, -0.15) is 0 Å². The number of ketones is 1. The zero-order valence-electron chi connectivity index (χ0n) is 22.6. The first-order chi connectivity index (χ1) is 15.7. The Morgan fingerprint density at radius 1 is 0.853 bits per heavy atom. The third-order valence-electron chi connectivity index (χ3n) is 13.8. The van der Waals surface area contributed by atoms with Gasteiger partial charge in [-0.3, -0.25) is 9.59 Å². The molecular weight excluding hydrogens is 424 g/mol. The normalized spacial score (nSPS) is 56.5. The topological polar surface area (TPSA) is 74.6 Å². The molecule has 0 saturated heterocycles. The maximum atomic E-state index is 14.3. The van der Waals surface area contributed by atoms with Crippen LogP contribution in [-0.4, -0.2) is 28.1 Å². The smallest absolute Gasteiger partial charge is 0.309 e. The van der Waals surface area contributed by atoms with Gasteiger partial charge in [-0.15, -0.1) is 0 Å². The van der Waals surface area contributed by atoms with Gasteiger partial charge in [0.2, 0.25) is 0 Å². The van der Waals surface area contributed by atoms with Crippen LogP contribution in [0.5, 0.6) is 0 Å². The molecule has 34 heavy (non-hydrogen) atoms. The number of aliphatic carboxylic acids is 1. The first-order valence-electron chi connectivity index (χ1n) is 14.1. The number of hydrogen-bond acceptors (Lipinski definition) is 3. The van der Waals surface area contributed by atoms with Gasteiger partial charge in [-0.05, 0) is 103 Å². The number of fused-ring (bicyclic) bond motifs is 7. The molecule has 0 aliphatic heterocycles. The Balaban J connectivity index is 1.61. The second-order valence-corrected chi connectivity index (χ2v) is 14.9. The van der Waals surface area contributed by atoms with E-state index in [2.05, 4.69) is 48.5 Å². The van der Waals surface area contributed by atoms with E-state index in [0.717, 1.165) is 51.4 Å². The minimum atomic E-state index is -0.729. The zero-order chi connectivity index (χ0) is 25.1. The minimum Gasteiger partial charge on any atom is -0.481 e.